The van der Waals surface area contributed by atoms with Gasteiger partial charge in [-0.25, -0.2) is 8.42 Å². The SMILES string of the molecule is CN=C(NCc1ccc(S(C)(=O)=O)cc1)NC(C)c1cccc(N2CCCC2)c1. The van der Waals surface area contributed by atoms with E-state index in [9.17, 15) is 8.42 Å². The number of anilines is 1. The highest BCUT2D eigenvalue weighted by Crippen LogP contribution is 2.24. The molecule has 1 aliphatic heterocycles. The van der Waals surface area contributed by atoms with E-state index in [1.165, 1.54) is 30.3 Å². The van der Waals surface area contributed by atoms with E-state index in [-0.39, 0.29) is 6.04 Å². The molecule has 6 nitrogen and oxygen atoms in total. The van der Waals surface area contributed by atoms with Gasteiger partial charge in [-0.1, -0.05) is 24.3 Å². The van der Waals surface area contributed by atoms with Crippen molar-refractivity contribution in [3.05, 3.63) is 59.7 Å². The van der Waals surface area contributed by atoms with Crippen LogP contribution in [0.15, 0.2) is 58.4 Å². The minimum atomic E-state index is -3.17. The van der Waals surface area contributed by atoms with Crippen LogP contribution in [0.25, 0.3) is 0 Å². The maximum atomic E-state index is 11.6. The van der Waals surface area contributed by atoms with Crippen LogP contribution in [0.4, 0.5) is 5.69 Å². The summed E-state index contributed by atoms with van der Waals surface area (Å²) < 4.78 is 23.1. The Kier molecular flexibility index (Phi) is 6.79. The van der Waals surface area contributed by atoms with Gasteiger partial charge in [-0.05, 0) is 55.2 Å². The maximum absolute atomic E-state index is 11.6. The zero-order valence-electron chi connectivity index (χ0n) is 17.4. The Morgan fingerprint density at radius 3 is 2.45 bits per heavy atom. The van der Waals surface area contributed by atoms with Gasteiger partial charge in [0.2, 0.25) is 0 Å². The molecule has 0 aliphatic carbocycles. The van der Waals surface area contributed by atoms with Crippen molar-refractivity contribution >= 4 is 21.5 Å². The molecule has 0 radical (unpaired) electrons. The predicted octanol–water partition coefficient (Wildman–Crippen LogP) is 3.12. The molecule has 1 heterocycles. The van der Waals surface area contributed by atoms with Crippen molar-refractivity contribution in [1.82, 2.24) is 10.6 Å². The van der Waals surface area contributed by atoms with E-state index in [0.717, 1.165) is 18.7 Å². The van der Waals surface area contributed by atoms with Crippen molar-refractivity contribution in [2.75, 3.05) is 31.3 Å². The molecule has 3 rings (SSSR count). The molecule has 0 bridgehead atoms. The molecule has 1 fully saturated rings. The van der Waals surface area contributed by atoms with E-state index < -0.39 is 9.84 Å². The molecule has 2 aromatic carbocycles. The van der Waals surface area contributed by atoms with Gasteiger partial charge in [-0.2, -0.15) is 0 Å². The second-order valence-corrected chi connectivity index (χ2v) is 9.51. The zero-order valence-corrected chi connectivity index (χ0v) is 18.2. The number of aliphatic imine (C=N–C) groups is 1. The molecule has 2 aromatic rings. The molecule has 0 amide bonds. The van der Waals surface area contributed by atoms with Gasteiger partial charge in [0.05, 0.1) is 10.9 Å². The van der Waals surface area contributed by atoms with E-state index in [0.29, 0.717) is 17.4 Å². The number of hydrogen-bond acceptors (Lipinski definition) is 4. The molecule has 1 saturated heterocycles. The molecule has 7 heteroatoms. The second kappa shape index (κ2) is 9.31. The Morgan fingerprint density at radius 2 is 1.83 bits per heavy atom. The van der Waals surface area contributed by atoms with Gasteiger partial charge >= 0.3 is 0 Å². The van der Waals surface area contributed by atoms with Crippen molar-refractivity contribution in [2.24, 2.45) is 4.99 Å². The van der Waals surface area contributed by atoms with Gasteiger partial charge in [-0.15, -0.1) is 0 Å². The third-order valence-electron chi connectivity index (χ3n) is 5.23. The maximum Gasteiger partial charge on any atom is 0.191 e. The number of sulfone groups is 1. The summed E-state index contributed by atoms with van der Waals surface area (Å²) in [4.78, 5) is 7.08. The third kappa shape index (κ3) is 5.73. The first-order chi connectivity index (χ1) is 13.9. The molecule has 1 atom stereocenters. The van der Waals surface area contributed by atoms with Crippen LogP contribution in [-0.4, -0.2) is 40.8 Å². The molecule has 2 N–H and O–H groups in total. The minimum absolute atomic E-state index is 0.108. The topological polar surface area (TPSA) is 73.8 Å². The number of nitrogens with zero attached hydrogens (tertiary/aromatic N) is 2. The van der Waals surface area contributed by atoms with E-state index in [1.54, 1.807) is 19.2 Å². The normalized spacial score (nSPS) is 16.0. The average Bonchev–Trinajstić information content (AvgIpc) is 3.25. The summed E-state index contributed by atoms with van der Waals surface area (Å²) in [6.45, 7) is 4.94. The highest BCUT2D eigenvalue weighted by atomic mass is 32.2. The fourth-order valence-electron chi connectivity index (χ4n) is 3.49. The van der Waals surface area contributed by atoms with Crippen molar-refractivity contribution in [3.8, 4) is 0 Å². The second-order valence-electron chi connectivity index (χ2n) is 7.50. The lowest BCUT2D eigenvalue weighted by molar-refractivity contribution is 0.602. The summed E-state index contributed by atoms with van der Waals surface area (Å²) in [5, 5.41) is 6.72. The number of benzene rings is 2. The zero-order chi connectivity index (χ0) is 20.9. The van der Waals surface area contributed by atoms with Crippen LogP contribution in [0.1, 0.15) is 36.9 Å². The molecule has 1 aliphatic rings. The highest BCUT2D eigenvalue weighted by Gasteiger charge is 2.14. The Bertz CT molecular complexity index is 949. The Morgan fingerprint density at radius 1 is 1.14 bits per heavy atom. The van der Waals surface area contributed by atoms with E-state index in [1.807, 2.05) is 12.1 Å². The molecule has 29 heavy (non-hydrogen) atoms. The van der Waals surface area contributed by atoms with Gasteiger partial charge in [0.15, 0.2) is 15.8 Å². The summed E-state index contributed by atoms with van der Waals surface area (Å²) in [6, 6.07) is 15.7. The lowest BCUT2D eigenvalue weighted by Gasteiger charge is -2.22. The largest absolute Gasteiger partial charge is 0.372 e. The van der Waals surface area contributed by atoms with E-state index in [2.05, 4.69) is 51.7 Å². The Labute approximate surface area is 174 Å². The number of hydrogen-bond donors (Lipinski definition) is 2. The van der Waals surface area contributed by atoms with Crippen molar-refractivity contribution in [2.45, 2.75) is 37.2 Å². The first-order valence-corrected chi connectivity index (χ1v) is 11.9. The van der Waals surface area contributed by atoms with Crippen LogP contribution in [0.3, 0.4) is 0 Å². The first-order valence-electron chi connectivity index (χ1n) is 9.98. The van der Waals surface area contributed by atoms with Crippen LogP contribution in [0.2, 0.25) is 0 Å². The lowest BCUT2D eigenvalue weighted by Crippen LogP contribution is -2.38. The monoisotopic (exact) mass is 414 g/mol. The molecule has 0 aromatic heterocycles. The summed E-state index contributed by atoms with van der Waals surface area (Å²) in [6.07, 6.45) is 3.74. The number of rotatable bonds is 6. The number of nitrogens with one attached hydrogen (secondary N) is 2. The standard InChI is InChI=1S/C22H30N4O2S/c1-17(19-7-6-8-20(15-19)26-13-4-5-14-26)25-22(23-2)24-16-18-9-11-21(12-10-18)29(3,27)28/h6-12,15,17H,4-5,13-14,16H2,1-3H3,(H2,23,24,25). The van der Waals surface area contributed by atoms with Crippen molar-refractivity contribution in [1.29, 1.82) is 0 Å². The third-order valence-corrected chi connectivity index (χ3v) is 6.36. The number of guanidine groups is 1. The summed E-state index contributed by atoms with van der Waals surface area (Å²) in [5.41, 5.74) is 3.49. The van der Waals surface area contributed by atoms with Gasteiger partial charge < -0.3 is 15.5 Å². The fraction of sp³-hybridized carbons (Fsp3) is 0.409. The van der Waals surface area contributed by atoms with Crippen LogP contribution in [-0.2, 0) is 16.4 Å². The minimum Gasteiger partial charge on any atom is -0.372 e. The molecule has 0 saturated carbocycles. The quantitative estimate of drug-likeness (QED) is 0.561. The van der Waals surface area contributed by atoms with Crippen molar-refractivity contribution < 1.29 is 8.42 Å². The van der Waals surface area contributed by atoms with Gasteiger partial charge in [0, 0.05) is 38.6 Å². The fourth-order valence-corrected chi connectivity index (χ4v) is 4.12. The Balaban J connectivity index is 1.59. The van der Waals surface area contributed by atoms with Gasteiger partial charge in [0.1, 0.15) is 0 Å². The molecule has 156 valence electrons. The van der Waals surface area contributed by atoms with E-state index >= 15 is 0 Å². The molecular weight excluding hydrogens is 384 g/mol. The van der Waals surface area contributed by atoms with Crippen molar-refractivity contribution in [3.63, 3.8) is 0 Å². The average molecular weight is 415 g/mol. The first kappa shape index (κ1) is 21.2. The smallest absolute Gasteiger partial charge is 0.191 e. The Hall–Kier alpha value is -2.54. The van der Waals surface area contributed by atoms with E-state index in [4.69, 9.17) is 0 Å². The highest BCUT2D eigenvalue weighted by molar-refractivity contribution is 7.90. The van der Waals surface area contributed by atoms with Crippen LogP contribution < -0.4 is 15.5 Å². The molecule has 1 unspecified atom stereocenters. The lowest BCUT2D eigenvalue weighted by atomic mass is 10.1. The summed E-state index contributed by atoms with van der Waals surface area (Å²) in [7, 11) is -1.43. The molecular formula is C22H30N4O2S. The predicted molar refractivity (Wildman–Crippen MR) is 119 cm³/mol. The summed E-state index contributed by atoms with van der Waals surface area (Å²) >= 11 is 0. The van der Waals surface area contributed by atoms with Crippen LogP contribution in [0.5, 0.6) is 0 Å². The van der Waals surface area contributed by atoms with Crippen LogP contribution in [0, 0.1) is 0 Å². The summed E-state index contributed by atoms with van der Waals surface area (Å²) in [5.74, 6) is 0.705. The van der Waals surface area contributed by atoms with Gasteiger partial charge in [-0.3, -0.25) is 4.99 Å². The van der Waals surface area contributed by atoms with Crippen LogP contribution >= 0.6 is 0 Å². The molecule has 0 spiro atoms. The van der Waals surface area contributed by atoms with Gasteiger partial charge in [0.25, 0.3) is 0 Å².